The lowest BCUT2D eigenvalue weighted by Gasteiger charge is -2.23. The molecule has 1 unspecified atom stereocenters. The molecule has 0 amide bonds. The van der Waals surface area contributed by atoms with Crippen LogP contribution >= 0.6 is 0 Å². The summed E-state index contributed by atoms with van der Waals surface area (Å²) in [6, 6.07) is 6.32. The molecule has 0 saturated carbocycles. The first-order valence-electron chi connectivity index (χ1n) is 7.40. The summed E-state index contributed by atoms with van der Waals surface area (Å²) in [5.41, 5.74) is -0.435. The SMILES string of the molecule is C=C(C(=O)OC)C(c1ccc(C(F)(F)F)cc1)n1cccc1C(=O)OC. The number of carbonyl (C=O) groups excluding carboxylic acids is 2. The zero-order valence-corrected chi connectivity index (χ0v) is 14.0. The van der Waals surface area contributed by atoms with E-state index in [1.807, 2.05) is 0 Å². The minimum Gasteiger partial charge on any atom is -0.466 e. The van der Waals surface area contributed by atoms with E-state index in [0.29, 0.717) is 5.56 Å². The molecule has 26 heavy (non-hydrogen) atoms. The third kappa shape index (κ3) is 3.79. The molecular weight excluding hydrogens is 351 g/mol. The van der Waals surface area contributed by atoms with Gasteiger partial charge in [0.25, 0.3) is 0 Å². The van der Waals surface area contributed by atoms with E-state index in [0.717, 1.165) is 19.2 Å². The van der Waals surface area contributed by atoms with Crippen molar-refractivity contribution in [2.24, 2.45) is 0 Å². The Kier molecular flexibility index (Phi) is 5.54. The number of ether oxygens (including phenoxy) is 2. The van der Waals surface area contributed by atoms with E-state index in [4.69, 9.17) is 4.74 Å². The lowest BCUT2D eigenvalue weighted by Crippen LogP contribution is -2.22. The molecule has 1 aromatic carbocycles. The molecule has 0 saturated heterocycles. The monoisotopic (exact) mass is 367 g/mol. The second-order valence-corrected chi connectivity index (χ2v) is 5.33. The standard InChI is InChI=1S/C18H16F3NO4/c1-11(16(23)25-2)15(22-10-4-5-14(22)17(24)26-3)12-6-8-13(9-7-12)18(19,20)21/h4-10,15H,1H2,2-3H3. The summed E-state index contributed by atoms with van der Waals surface area (Å²) in [4.78, 5) is 23.9. The zero-order chi connectivity index (χ0) is 19.5. The summed E-state index contributed by atoms with van der Waals surface area (Å²) in [7, 11) is 2.36. The lowest BCUT2D eigenvalue weighted by atomic mass is 9.98. The van der Waals surface area contributed by atoms with Gasteiger partial charge in [-0.15, -0.1) is 0 Å². The highest BCUT2D eigenvalue weighted by atomic mass is 19.4. The highest BCUT2D eigenvalue weighted by Gasteiger charge is 2.31. The number of alkyl halides is 3. The summed E-state index contributed by atoms with van der Waals surface area (Å²) in [5, 5.41) is 0. The zero-order valence-electron chi connectivity index (χ0n) is 14.0. The quantitative estimate of drug-likeness (QED) is 0.598. The Hall–Kier alpha value is -3.03. The molecule has 1 heterocycles. The number of nitrogens with zero attached hydrogens (tertiary/aromatic N) is 1. The van der Waals surface area contributed by atoms with Crippen LogP contribution in [-0.4, -0.2) is 30.7 Å². The number of aromatic nitrogens is 1. The molecule has 0 fully saturated rings. The number of hydrogen-bond donors (Lipinski definition) is 0. The van der Waals surface area contributed by atoms with Crippen molar-refractivity contribution in [2.75, 3.05) is 14.2 Å². The smallest absolute Gasteiger partial charge is 0.416 e. The fourth-order valence-corrected chi connectivity index (χ4v) is 2.52. The van der Waals surface area contributed by atoms with Gasteiger partial charge in [-0.2, -0.15) is 13.2 Å². The van der Waals surface area contributed by atoms with Crippen LogP contribution in [0.1, 0.15) is 27.7 Å². The topological polar surface area (TPSA) is 57.5 Å². The summed E-state index contributed by atoms with van der Waals surface area (Å²) in [6.07, 6.45) is -2.99. The number of carbonyl (C=O) groups is 2. The number of benzene rings is 1. The predicted molar refractivity (Wildman–Crippen MR) is 86.5 cm³/mol. The van der Waals surface area contributed by atoms with Crippen molar-refractivity contribution in [3.8, 4) is 0 Å². The molecule has 8 heteroatoms. The van der Waals surface area contributed by atoms with E-state index < -0.39 is 29.7 Å². The van der Waals surface area contributed by atoms with Gasteiger partial charge in [-0.3, -0.25) is 0 Å². The minimum absolute atomic E-state index is 0.0476. The first-order chi connectivity index (χ1) is 12.2. The van der Waals surface area contributed by atoms with Gasteiger partial charge in [0.1, 0.15) is 5.69 Å². The van der Waals surface area contributed by atoms with E-state index in [-0.39, 0.29) is 11.3 Å². The highest BCUT2D eigenvalue weighted by Crippen LogP contribution is 2.33. The van der Waals surface area contributed by atoms with Crippen LogP contribution < -0.4 is 0 Å². The molecule has 2 rings (SSSR count). The third-order valence-corrected chi connectivity index (χ3v) is 3.78. The van der Waals surface area contributed by atoms with E-state index in [9.17, 15) is 22.8 Å². The van der Waals surface area contributed by atoms with Gasteiger partial charge < -0.3 is 14.0 Å². The van der Waals surface area contributed by atoms with Gasteiger partial charge in [0.2, 0.25) is 0 Å². The fourth-order valence-electron chi connectivity index (χ4n) is 2.52. The Bertz CT molecular complexity index is 822. The average molecular weight is 367 g/mol. The Morgan fingerprint density at radius 2 is 1.69 bits per heavy atom. The van der Waals surface area contributed by atoms with E-state index >= 15 is 0 Å². The second kappa shape index (κ2) is 7.47. The second-order valence-electron chi connectivity index (χ2n) is 5.33. The van der Waals surface area contributed by atoms with Crippen molar-refractivity contribution in [3.63, 3.8) is 0 Å². The molecule has 0 spiro atoms. The normalized spacial score (nSPS) is 12.3. The number of esters is 2. The average Bonchev–Trinajstić information content (AvgIpc) is 3.09. The van der Waals surface area contributed by atoms with Crippen molar-refractivity contribution in [3.05, 3.63) is 71.6 Å². The number of methoxy groups -OCH3 is 2. The van der Waals surface area contributed by atoms with Crippen molar-refractivity contribution in [1.82, 2.24) is 4.57 Å². The number of rotatable bonds is 5. The Morgan fingerprint density at radius 3 is 2.19 bits per heavy atom. The molecule has 1 aromatic heterocycles. The van der Waals surface area contributed by atoms with Gasteiger partial charge in [-0.1, -0.05) is 18.7 Å². The maximum Gasteiger partial charge on any atom is 0.416 e. The van der Waals surface area contributed by atoms with Crippen LogP contribution in [0.2, 0.25) is 0 Å². The summed E-state index contributed by atoms with van der Waals surface area (Å²) in [6.45, 7) is 3.69. The van der Waals surface area contributed by atoms with Gasteiger partial charge in [0.05, 0.1) is 31.4 Å². The molecule has 5 nitrogen and oxygen atoms in total. The molecule has 2 aromatic rings. The largest absolute Gasteiger partial charge is 0.466 e. The van der Waals surface area contributed by atoms with Crippen molar-refractivity contribution < 1.29 is 32.2 Å². The van der Waals surface area contributed by atoms with Crippen LogP contribution in [0.25, 0.3) is 0 Å². The van der Waals surface area contributed by atoms with Crippen molar-refractivity contribution in [2.45, 2.75) is 12.2 Å². The maximum absolute atomic E-state index is 12.8. The van der Waals surface area contributed by atoms with Crippen LogP contribution in [0.15, 0.2) is 54.7 Å². The number of hydrogen-bond acceptors (Lipinski definition) is 4. The minimum atomic E-state index is -4.49. The maximum atomic E-state index is 12.8. The Labute approximate surface area is 147 Å². The molecule has 138 valence electrons. The van der Waals surface area contributed by atoms with Crippen LogP contribution in [0, 0.1) is 0 Å². The van der Waals surface area contributed by atoms with Gasteiger partial charge in [0, 0.05) is 6.20 Å². The molecule has 0 aliphatic rings. The van der Waals surface area contributed by atoms with Crippen LogP contribution in [-0.2, 0) is 20.4 Å². The van der Waals surface area contributed by atoms with Crippen molar-refractivity contribution in [1.29, 1.82) is 0 Å². The lowest BCUT2D eigenvalue weighted by molar-refractivity contribution is -0.138. The van der Waals surface area contributed by atoms with Crippen LogP contribution in [0.4, 0.5) is 13.2 Å². The third-order valence-electron chi connectivity index (χ3n) is 3.78. The van der Waals surface area contributed by atoms with Gasteiger partial charge in [-0.25, -0.2) is 9.59 Å². The Balaban J connectivity index is 2.56. The molecular formula is C18H16F3NO4. The summed E-state index contributed by atoms with van der Waals surface area (Å²) in [5.74, 6) is -1.41. The molecule has 0 aliphatic carbocycles. The first kappa shape index (κ1) is 19.3. The van der Waals surface area contributed by atoms with E-state index in [2.05, 4.69) is 11.3 Å². The number of halogens is 3. The molecule has 0 aliphatic heterocycles. The molecule has 1 atom stereocenters. The molecule has 0 N–H and O–H groups in total. The van der Waals surface area contributed by atoms with E-state index in [1.165, 1.54) is 36.1 Å². The summed E-state index contributed by atoms with van der Waals surface area (Å²) >= 11 is 0. The fraction of sp³-hybridized carbons (Fsp3) is 0.222. The van der Waals surface area contributed by atoms with Crippen molar-refractivity contribution >= 4 is 11.9 Å². The van der Waals surface area contributed by atoms with Gasteiger partial charge in [0.15, 0.2) is 0 Å². The first-order valence-corrected chi connectivity index (χ1v) is 7.40. The predicted octanol–water partition coefficient (Wildman–Crippen LogP) is 3.61. The molecule has 0 radical (unpaired) electrons. The van der Waals surface area contributed by atoms with Gasteiger partial charge in [-0.05, 0) is 29.8 Å². The van der Waals surface area contributed by atoms with Gasteiger partial charge >= 0.3 is 18.1 Å². The van der Waals surface area contributed by atoms with Crippen LogP contribution in [0.3, 0.4) is 0 Å². The summed E-state index contributed by atoms with van der Waals surface area (Å²) < 4.78 is 49.1. The van der Waals surface area contributed by atoms with Crippen LogP contribution in [0.5, 0.6) is 0 Å². The highest BCUT2D eigenvalue weighted by molar-refractivity contribution is 5.91. The molecule has 0 bridgehead atoms. The Morgan fingerprint density at radius 1 is 1.08 bits per heavy atom. The van der Waals surface area contributed by atoms with E-state index in [1.54, 1.807) is 6.07 Å².